The minimum Gasteiger partial charge on any atom is -0.344 e. The first-order valence-electron chi connectivity index (χ1n) is 4.50. The summed E-state index contributed by atoms with van der Waals surface area (Å²) in [6, 6.07) is -0.458. The average Bonchev–Trinajstić information content (AvgIpc) is 2.47. The molecule has 1 amide bonds. The van der Waals surface area contributed by atoms with E-state index in [9.17, 15) is 13.6 Å². The molecule has 0 spiro atoms. The third-order valence-electron chi connectivity index (χ3n) is 2.30. The molecule has 0 fully saturated rings. The standard InChI is InChI=1S/C9H13F2N3O/c1-5(13-9(15)8(10)11)7-4-12-14(3)6(7)2/h4-5,8H,1-3H3,(H,13,15). The number of hydrogen-bond acceptors (Lipinski definition) is 2. The predicted molar refractivity (Wildman–Crippen MR) is 50.5 cm³/mol. The van der Waals surface area contributed by atoms with Crippen molar-refractivity contribution in [1.82, 2.24) is 15.1 Å². The minimum atomic E-state index is -2.98. The van der Waals surface area contributed by atoms with Gasteiger partial charge in [-0.05, 0) is 13.8 Å². The smallest absolute Gasteiger partial charge is 0.315 e. The van der Waals surface area contributed by atoms with Crippen molar-refractivity contribution in [3.05, 3.63) is 17.5 Å². The number of nitrogens with zero attached hydrogens (tertiary/aromatic N) is 2. The van der Waals surface area contributed by atoms with E-state index in [2.05, 4.69) is 10.4 Å². The van der Waals surface area contributed by atoms with Crippen LogP contribution in [0.15, 0.2) is 6.20 Å². The SMILES string of the molecule is Cc1c(C(C)NC(=O)C(F)F)cnn1C. The zero-order chi connectivity index (χ0) is 11.6. The fourth-order valence-electron chi connectivity index (χ4n) is 1.29. The van der Waals surface area contributed by atoms with Crippen LogP contribution in [0, 0.1) is 6.92 Å². The molecule has 0 saturated carbocycles. The molecule has 84 valence electrons. The zero-order valence-corrected chi connectivity index (χ0v) is 8.79. The van der Waals surface area contributed by atoms with Crippen LogP contribution in [0.2, 0.25) is 0 Å². The Labute approximate surface area is 86.3 Å². The second-order valence-corrected chi connectivity index (χ2v) is 3.34. The van der Waals surface area contributed by atoms with Gasteiger partial charge in [-0.3, -0.25) is 9.48 Å². The first-order chi connectivity index (χ1) is 6.93. The van der Waals surface area contributed by atoms with Gasteiger partial charge in [0.15, 0.2) is 0 Å². The largest absolute Gasteiger partial charge is 0.344 e. The Morgan fingerprint density at radius 2 is 2.20 bits per heavy atom. The molecule has 1 rings (SSSR count). The van der Waals surface area contributed by atoms with Gasteiger partial charge in [0.25, 0.3) is 5.91 Å². The van der Waals surface area contributed by atoms with Crippen LogP contribution in [0.4, 0.5) is 8.78 Å². The van der Waals surface area contributed by atoms with Crippen molar-refractivity contribution >= 4 is 5.91 Å². The van der Waals surface area contributed by atoms with Crippen molar-refractivity contribution in [2.45, 2.75) is 26.3 Å². The number of aromatic nitrogens is 2. The highest BCUT2D eigenvalue weighted by atomic mass is 19.3. The van der Waals surface area contributed by atoms with Crippen molar-refractivity contribution in [3.8, 4) is 0 Å². The van der Waals surface area contributed by atoms with E-state index in [0.29, 0.717) is 0 Å². The molecule has 0 aliphatic heterocycles. The Bertz CT molecular complexity index is 362. The highest BCUT2D eigenvalue weighted by molar-refractivity contribution is 5.79. The van der Waals surface area contributed by atoms with E-state index in [1.165, 1.54) is 0 Å². The van der Waals surface area contributed by atoms with Crippen LogP contribution in [-0.2, 0) is 11.8 Å². The molecule has 1 N–H and O–H groups in total. The fourth-order valence-corrected chi connectivity index (χ4v) is 1.29. The third-order valence-corrected chi connectivity index (χ3v) is 2.30. The number of carbonyl (C=O) groups is 1. The van der Waals surface area contributed by atoms with Crippen LogP contribution >= 0.6 is 0 Å². The van der Waals surface area contributed by atoms with Crippen molar-refractivity contribution < 1.29 is 13.6 Å². The lowest BCUT2D eigenvalue weighted by Crippen LogP contribution is -2.32. The Kier molecular flexibility index (Phi) is 3.39. The quantitative estimate of drug-likeness (QED) is 0.826. The topological polar surface area (TPSA) is 46.9 Å². The van der Waals surface area contributed by atoms with E-state index in [1.54, 1.807) is 24.9 Å². The average molecular weight is 217 g/mol. The van der Waals surface area contributed by atoms with E-state index < -0.39 is 18.4 Å². The molecule has 1 aromatic heterocycles. The van der Waals surface area contributed by atoms with Gasteiger partial charge in [-0.1, -0.05) is 0 Å². The molecular formula is C9H13F2N3O. The second-order valence-electron chi connectivity index (χ2n) is 3.34. The van der Waals surface area contributed by atoms with E-state index in [4.69, 9.17) is 0 Å². The highest BCUT2D eigenvalue weighted by Crippen LogP contribution is 2.16. The number of alkyl halides is 2. The first kappa shape index (κ1) is 11.6. The molecular weight excluding hydrogens is 204 g/mol. The van der Waals surface area contributed by atoms with E-state index in [-0.39, 0.29) is 0 Å². The Morgan fingerprint density at radius 3 is 2.60 bits per heavy atom. The van der Waals surface area contributed by atoms with Crippen LogP contribution in [0.5, 0.6) is 0 Å². The van der Waals surface area contributed by atoms with Gasteiger partial charge in [0.05, 0.1) is 12.2 Å². The number of rotatable bonds is 3. The fraction of sp³-hybridized carbons (Fsp3) is 0.556. The Balaban J connectivity index is 2.73. The van der Waals surface area contributed by atoms with Gasteiger partial charge >= 0.3 is 6.43 Å². The molecule has 0 radical (unpaired) electrons. The zero-order valence-electron chi connectivity index (χ0n) is 8.79. The molecule has 6 heteroatoms. The first-order valence-corrected chi connectivity index (χ1v) is 4.50. The second kappa shape index (κ2) is 4.37. The minimum absolute atomic E-state index is 0.458. The molecule has 0 bridgehead atoms. The summed E-state index contributed by atoms with van der Waals surface area (Å²) >= 11 is 0. The number of aryl methyl sites for hydroxylation is 1. The highest BCUT2D eigenvalue weighted by Gasteiger charge is 2.20. The van der Waals surface area contributed by atoms with Crippen molar-refractivity contribution in [2.75, 3.05) is 0 Å². The van der Waals surface area contributed by atoms with Gasteiger partial charge < -0.3 is 5.32 Å². The van der Waals surface area contributed by atoms with Crippen LogP contribution in [-0.4, -0.2) is 22.1 Å². The summed E-state index contributed by atoms with van der Waals surface area (Å²) in [4.78, 5) is 10.8. The number of halogens is 2. The molecule has 0 aliphatic carbocycles. The number of nitrogens with one attached hydrogen (secondary N) is 1. The molecule has 4 nitrogen and oxygen atoms in total. The molecule has 0 aromatic carbocycles. The van der Waals surface area contributed by atoms with Crippen molar-refractivity contribution in [1.29, 1.82) is 0 Å². The number of hydrogen-bond donors (Lipinski definition) is 1. The lowest BCUT2D eigenvalue weighted by Gasteiger charge is -2.12. The van der Waals surface area contributed by atoms with E-state index in [1.807, 2.05) is 6.92 Å². The Hall–Kier alpha value is -1.46. The van der Waals surface area contributed by atoms with Gasteiger partial charge in [0.2, 0.25) is 0 Å². The third kappa shape index (κ3) is 2.51. The summed E-state index contributed by atoms with van der Waals surface area (Å²) in [6.45, 7) is 3.46. The van der Waals surface area contributed by atoms with Crippen LogP contribution < -0.4 is 5.32 Å². The van der Waals surface area contributed by atoms with Gasteiger partial charge in [-0.25, -0.2) is 0 Å². The monoisotopic (exact) mass is 217 g/mol. The predicted octanol–water partition coefficient (Wildman–Crippen LogP) is 1.17. The van der Waals surface area contributed by atoms with Crippen LogP contribution in [0.25, 0.3) is 0 Å². The van der Waals surface area contributed by atoms with Crippen LogP contribution in [0.1, 0.15) is 24.2 Å². The maximum absolute atomic E-state index is 12.0. The molecule has 0 saturated heterocycles. The van der Waals surface area contributed by atoms with Gasteiger partial charge in [0.1, 0.15) is 0 Å². The molecule has 1 unspecified atom stereocenters. The normalized spacial score (nSPS) is 12.9. The van der Waals surface area contributed by atoms with Crippen LogP contribution in [0.3, 0.4) is 0 Å². The molecule has 0 aliphatic rings. The maximum atomic E-state index is 12.0. The lowest BCUT2D eigenvalue weighted by atomic mass is 10.1. The summed E-state index contributed by atoms with van der Waals surface area (Å²) in [7, 11) is 1.75. The molecule has 15 heavy (non-hydrogen) atoms. The summed E-state index contributed by atoms with van der Waals surface area (Å²) in [6.07, 6.45) is -1.42. The summed E-state index contributed by atoms with van der Waals surface area (Å²) in [5.41, 5.74) is 1.59. The molecule has 1 aromatic rings. The lowest BCUT2D eigenvalue weighted by molar-refractivity contribution is -0.132. The Morgan fingerprint density at radius 1 is 1.60 bits per heavy atom. The number of carbonyl (C=O) groups excluding carboxylic acids is 1. The molecule has 1 heterocycles. The summed E-state index contributed by atoms with van der Waals surface area (Å²) < 4.78 is 25.6. The van der Waals surface area contributed by atoms with Gasteiger partial charge in [-0.2, -0.15) is 13.9 Å². The van der Waals surface area contributed by atoms with Gasteiger partial charge in [0, 0.05) is 18.3 Å². The summed E-state index contributed by atoms with van der Waals surface area (Å²) in [5, 5.41) is 6.17. The van der Waals surface area contributed by atoms with Crippen molar-refractivity contribution in [3.63, 3.8) is 0 Å². The number of amides is 1. The summed E-state index contributed by atoms with van der Waals surface area (Å²) in [5.74, 6) is -1.26. The molecule has 1 atom stereocenters. The maximum Gasteiger partial charge on any atom is 0.315 e. The van der Waals surface area contributed by atoms with Gasteiger partial charge in [-0.15, -0.1) is 0 Å². The van der Waals surface area contributed by atoms with Crippen molar-refractivity contribution in [2.24, 2.45) is 7.05 Å². The van der Waals surface area contributed by atoms with E-state index in [0.717, 1.165) is 11.3 Å². The van der Waals surface area contributed by atoms with E-state index >= 15 is 0 Å².